The van der Waals surface area contributed by atoms with Gasteiger partial charge >= 0.3 is 12.1 Å². The molecule has 2 aromatic rings. The van der Waals surface area contributed by atoms with Gasteiger partial charge in [0.25, 0.3) is 0 Å². The number of nitrogens with zero attached hydrogens (tertiary/aromatic N) is 2. The summed E-state index contributed by atoms with van der Waals surface area (Å²) in [5.74, 6) is -1.28. The molecule has 3 rings (SSSR count). The number of rotatable bonds is 5. The van der Waals surface area contributed by atoms with Crippen molar-refractivity contribution in [3.63, 3.8) is 0 Å². The molecule has 0 bridgehead atoms. The summed E-state index contributed by atoms with van der Waals surface area (Å²) < 4.78 is 45.9. The third-order valence-electron chi connectivity index (χ3n) is 4.29. The maximum Gasteiger partial charge on any atom is 0.434 e. The monoisotopic (exact) mass is 396 g/mol. The standard InChI is InChI=1S/C18H19F3N4O3/c1-2-28-17(27)13-10-23-25(15(13)18(19,20)21)12-7-5-11(6-8-12)24-16(26)14-4-3-9-22-14/h5-8,10,14,22H,2-4,9H2,1H3,(H,24,26). The number of alkyl halides is 3. The largest absolute Gasteiger partial charge is 0.462 e. The molecule has 0 saturated carbocycles. The van der Waals surface area contributed by atoms with E-state index in [1.54, 1.807) is 0 Å². The second kappa shape index (κ2) is 8.01. The Hall–Kier alpha value is -2.88. The molecular weight excluding hydrogens is 377 g/mol. The molecule has 1 saturated heterocycles. The normalized spacial score (nSPS) is 16.8. The number of halogens is 3. The number of hydrogen-bond acceptors (Lipinski definition) is 5. The van der Waals surface area contributed by atoms with Crippen molar-refractivity contribution >= 4 is 17.6 Å². The van der Waals surface area contributed by atoms with Crippen LogP contribution in [0.5, 0.6) is 0 Å². The number of carbonyl (C=O) groups excluding carboxylic acids is 2. The number of ether oxygens (including phenoxy) is 1. The summed E-state index contributed by atoms with van der Waals surface area (Å²) in [5, 5.41) is 9.50. The van der Waals surface area contributed by atoms with Crippen LogP contribution in [0.3, 0.4) is 0 Å². The molecule has 1 aliphatic heterocycles. The Morgan fingerprint density at radius 3 is 2.61 bits per heavy atom. The Bertz CT molecular complexity index is 856. The number of nitrogens with one attached hydrogen (secondary N) is 2. The van der Waals surface area contributed by atoms with Crippen LogP contribution in [-0.4, -0.2) is 40.9 Å². The van der Waals surface area contributed by atoms with Crippen molar-refractivity contribution in [2.75, 3.05) is 18.5 Å². The first kappa shape index (κ1) is 19.9. The number of aromatic nitrogens is 2. The molecule has 1 atom stereocenters. The van der Waals surface area contributed by atoms with Crippen molar-refractivity contribution in [1.29, 1.82) is 0 Å². The second-order valence-electron chi connectivity index (χ2n) is 6.22. The summed E-state index contributed by atoms with van der Waals surface area (Å²) in [5.41, 5.74) is -1.31. The number of benzene rings is 1. The molecule has 0 spiro atoms. The minimum atomic E-state index is -4.81. The van der Waals surface area contributed by atoms with E-state index >= 15 is 0 Å². The predicted octanol–water partition coefficient (Wildman–Crippen LogP) is 2.76. The number of anilines is 1. The maximum atomic E-state index is 13.5. The van der Waals surface area contributed by atoms with Crippen LogP contribution in [0.1, 0.15) is 35.8 Å². The molecule has 1 unspecified atom stereocenters. The van der Waals surface area contributed by atoms with Crippen LogP contribution in [0.4, 0.5) is 18.9 Å². The molecule has 0 aliphatic carbocycles. The zero-order valence-electron chi connectivity index (χ0n) is 15.0. The molecular formula is C18H19F3N4O3. The summed E-state index contributed by atoms with van der Waals surface area (Å²) in [7, 11) is 0. The topological polar surface area (TPSA) is 85.2 Å². The first-order valence-electron chi connectivity index (χ1n) is 8.78. The van der Waals surface area contributed by atoms with Crippen LogP contribution in [-0.2, 0) is 15.7 Å². The molecule has 2 N–H and O–H groups in total. The van der Waals surface area contributed by atoms with Gasteiger partial charge in [0.2, 0.25) is 5.91 Å². The summed E-state index contributed by atoms with van der Waals surface area (Å²) in [6, 6.07) is 5.46. The Kier molecular flexibility index (Phi) is 5.68. The van der Waals surface area contributed by atoms with E-state index in [2.05, 4.69) is 20.5 Å². The lowest BCUT2D eigenvalue weighted by atomic mass is 10.2. The summed E-state index contributed by atoms with van der Waals surface area (Å²) in [6.07, 6.45) is -2.32. The fourth-order valence-electron chi connectivity index (χ4n) is 3.00. The van der Waals surface area contributed by atoms with E-state index in [4.69, 9.17) is 0 Å². The van der Waals surface area contributed by atoms with Gasteiger partial charge in [0.1, 0.15) is 5.56 Å². The van der Waals surface area contributed by atoms with Gasteiger partial charge in [-0.3, -0.25) is 4.79 Å². The maximum absolute atomic E-state index is 13.5. The van der Waals surface area contributed by atoms with Crippen LogP contribution in [0, 0.1) is 0 Å². The first-order valence-corrected chi connectivity index (χ1v) is 8.78. The van der Waals surface area contributed by atoms with Gasteiger partial charge in [0, 0.05) is 5.69 Å². The smallest absolute Gasteiger partial charge is 0.434 e. The van der Waals surface area contributed by atoms with Crippen molar-refractivity contribution < 1.29 is 27.5 Å². The third kappa shape index (κ3) is 4.16. The van der Waals surface area contributed by atoms with Crippen molar-refractivity contribution in [2.24, 2.45) is 0 Å². The lowest BCUT2D eigenvalue weighted by molar-refractivity contribution is -0.143. The Morgan fingerprint density at radius 2 is 2.04 bits per heavy atom. The van der Waals surface area contributed by atoms with E-state index < -0.39 is 23.4 Å². The highest BCUT2D eigenvalue weighted by Crippen LogP contribution is 2.34. The Morgan fingerprint density at radius 1 is 1.32 bits per heavy atom. The SMILES string of the molecule is CCOC(=O)c1cnn(-c2ccc(NC(=O)C3CCCN3)cc2)c1C(F)(F)F. The average Bonchev–Trinajstić information content (AvgIpc) is 3.32. The van der Waals surface area contributed by atoms with Crippen molar-refractivity contribution in [1.82, 2.24) is 15.1 Å². The van der Waals surface area contributed by atoms with Crippen LogP contribution >= 0.6 is 0 Å². The van der Waals surface area contributed by atoms with Crippen LogP contribution in [0.25, 0.3) is 5.69 Å². The predicted molar refractivity (Wildman–Crippen MR) is 94.2 cm³/mol. The van der Waals surface area contributed by atoms with Crippen molar-refractivity contribution in [2.45, 2.75) is 32.0 Å². The number of hydrogen-bond donors (Lipinski definition) is 2. The first-order chi connectivity index (χ1) is 13.3. The highest BCUT2D eigenvalue weighted by molar-refractivity contribution is 5.95. The molecule has 10 heteroatoms. The highest BCUT2D eigenvalue weighted by atomic mass is 19.4. The number of esters is 1. The van der Waals surface area contributed by atoms with Crippen LogP contribution in [0.15, 0.2) is 30.5 Å². The van der Waals surface area contributed by atoms with E-state index in [9.17, 15) is 22.8 Å². The number of amides is 1. The van der Waals surface area contributed by atoms with E-state index in [0.29, 0.717) is 10.4 Å². The summed E-state index contributed by atoms with van der Waals surface area (Å²) in [6.45, 7) is 2.23. The fraction of sp³-hybridized carbons (Fsp3) is 0.389. The highest BCUT2D eigenvalue weighted by Gasteiger charge is 2.41. The van der Waals surface area contributed by atoms with E-state index in [0.717, 1.165) is 25.6 Å². The Labute approximate surface area is 158 Å². The Balaban J connectivity index is 1.85. The molecule has 0 radical (unpaired) electrons. The van der Waals surface area contributed by atoms with Gasteiger partial charge < -0.3 is 15.4 Å². The molecule has 1 aliphatic rings. The molecule has 1 aromatic heterocycles. The third-order valence-corrected chi connectivity index (χ3v) is 4.29. The van der Waals surface area contributed by atoms with Gasteiger partial charge in [-0.25, -0.2) is 9.48 Å². The molecule has 7 nitrogen and oxygen atoms in total. The van der Waals surface area contributed by atoms with Gasteiger partial charge in [-0.15, -0.1) is 0 Å². The molecule has 1 aromatic carbocycles. The van der Waals surface area contributed by atoms with Crippen LogP contribution in [0.2, 0.25) is 0 Å². The second-order valence-corrected chi connectivity index (χ2v) is 6.22. The average molecular weight is 396 g/mol. The zero-order chi connectivity index (χ0) is 20.3. The summed E-state index contributed by atoms with van der Waals surface area (Å²) >= 11 is 0. The number of carbonyl (C=O) groups is 2. The molecule has 28 heavy (non-hydrogen) atoms. The van der Waals surface area contributed by atoms with E-state index in [-0.39, 0.29) is 24.2 Å². The summed E-state index contributed by atoms with van der Waals surface area (Å²) in [4.78, 5) is 23.9. The van der Waals surface area contributed by atoms with Crippen molar-refractivity contribution in [3.05, 3.63) is 41.7 Å². The molecule has 150 valence electrons. The van der Waals surface area contributed by atoms with Gasteiger partial charge in [-0.05, 0) is 50.6 Å². The minimum absolute atomic E-state index is 0.0500. The molecule has 1 amide bonds. The van der Waals surface area contributed by atoms with Crippen molar-refractivity contribution in [3.8, 4) is 5.69 Å². The van der Waals surface area contributed by atoms with Gasteiger partial charge in [0.05, 0.1) is 24.5 Å². The van der Waals surface area contributed by atoms with Gasteiger partial charge in [-0.2, -0.15) is 18.3 Å². The fourth-order valence-corrected chi connectivity index (χ4v) is 3.00. The molecule has 1 fully saturated rings. The van der Waals surface area contributed by atoms with Crippen LogP contribution < -0.4 is 10.6 Å². The lowest BCUT2D eigenvalue weighted by Crippen LogP contribution is -2.35. The van der Waals surface area contributed by atoms with E-state index in [1.807, 2.05) is 0 Å². The molecule has 2 heterocycles. The van der Waals surface area contributed by atoms with E-state index in [1.165, 1.54) is 31.2 Å². The minimum Gasteiger partial charge on any atom is -0.462 e. The quantitative estimate of drug-likeness (QED) is 0.760. The van der Waals surface area contributed by atoms with Gasteiger partial charge in [0.15, 0.2) is 5.69 Å². The lowest BCUT2D eigenvalue weighted by Gasteiger charge is -2.14. The van der Waals surface area contributed by atoms with Gasteiger partial charge in [-0.1, -0.05) is 0 Å². The zero-order valence-corrected chi connectivity index (χ0v) is 15.0.